The Morgan fingerprint density at radius 1 is 1.21 bits per heavy atom. The van der Waals surface area contributed by atoms with E-state index < -0.39 is 9.84 Å². The lowest BCUT2D eigenvalue weighted by molar-refractivity contribution is 0.380. The van der Waals surface area contributed by atoms with Crippen molar-refractivity contribution < 1.29 is 12.8 Å². The number of piperazine rings is 1. The summed E-state index contributed by atoms with van der Waals surface area (Å²) in [6.07, 6.45) is 1.40. The third-order valence-electron chi connectivity index (χ3n) is 4.72. The van der Waals surface area contributed by atoms with Crippen LogP contribution in [0, 0.1) is 5.82 Å². The van der Waals surface area contributed by atoms with Crippen molar-refractivity contribution in [3.8, 4) is 0 Å². The summed E-state index contributed by atoms with van der Waals surface area (Å²) in [7, 11) is -2.98. The first-order chi connectivity index (χ1) is 11.5. The molecule has 6 nitrogen and oxygen atoms in total. The van der Waals surface area contributed by atoms with E-state index in [2.05, 4.69) is 9.89 Å². The maximum Gasteiger partial charge on any atom is 0.191 e. The van der Waals surface area contributed by atoms with Crippen LogP contribution >= 0.6 is 0 Å². The van der Waals surface area contributed by atoms with Crippen LogP contribution in [-0.4, -0.2) is 63.0 Å². The van der Waals surface area contributed by atoms with Gasteiger partial charge in [-0.15, -0.1) is 0 Å². The van der Waals surface area contributed by atoms with Gasteiger partial charge in [0.2, 0.25) is 0 Å². The van der Waals surface area contributed by atoms with Gasteiger partial charge in [-0.3, -0.25) is 4.99 Å². The van der Waals surface area contributed by atoms with Crippen LogP contribution in [-0.2, 0) is 9.84 Å². The second-order valence-corrected chi connectivity index (χ2v) is 8.68. The number of guanidine groups is 1. The molecule has 3 rings (SSSR count). The molecule has 2 heterocycles. The summed E-state index contributed by atoms with van der Waals surface area (Å²) in [6, 6.07) is 6.46. The van der Waals surface area contributed by atoms with Gasteiger partial charge < -0.3 is 15.5 Å². The largest absolute Gasteiger partial charge is 0.370 e. The Balaban J connectivity index is 1.54. The van der Waals surface area contributed by atoms with Gasteiger partial charge in [0.25, 0.3) is 0 Å². The van der Waals surface area contributed by atoms with Gasteiger partial charge >= 0.3 is 0 Å². The summed E-state index contributed by atoms with van der Waals surface area (Å²) < 4.78 is 36.6. The van der Waals surface area contributed by atoms with Crippen molar-refractivity contribution >= 4 is 21.5 Å². The minimum atomic E-state index is -2.98. The molecule has 1 unspecified atom stereocenters. The van der Waals surface area contributed by atoms with Crippen molar-refractivity contribution in [1.82, 2.24) is 4.90 Å². The summed E-state index contributed by atoms with van der Waals surface area (Å²) in [5.74, 6) is 0.440. The van der Waals surface area contributed by atoms with E-state index >= 15 is 0 Å². The van der Waals surface area contributed by atoms with Crippen molar-refractivity contribution in [2.45, 2.75) is 18.1 Å². The average Bonchev–Trinajstić information content (AvgIpc) is 2.92. The van der Waals surface area contributed by atoms with E-state index in [1.54, 1.807) is 12.1 Å². The fraction of sp³-hybridized carbons (Fsp3) is 0.562. The Morgan fingerprint density at radius 3 is 2.46 bits per heavy atom. The van der Waals surface area contributed by atoms with Crippen molar-refractivity contribution in [2.24, 2.45) is 10.7 Å². The molecule has 0 amide bonds. The molecule has 0 aliphatic carbocycles. The summed E-state index contributed by atoms with van der Waals surface area (Å²) in [5, 5.41) is -0.378. The molecule has 1 aromatic rings. The molecule has 2 saturated heterocycles. The fourth-order valence-electron chi connectivity index (χ4n) is 3.20. The summed E-state index contributed by atoms with van der Waals surface area (Å²) in [4.78, 5) is 8.45. The van der Waals surface area contributed by atoms with E-state index in [1.807, 2.05) is 4.90 Å². The van der Waals surface area contributed by atoms with Crippen molar-refractivity contribution in [3.63, 3.8) is 0 Å². The average molecular weight is 354 g/mol. The molecular weight excluding hydrogens is 331 g/mol. The van der Waals surface area contributed by atoms with Crippen molar-refractivity contribution in [2.75, 3.05) is 43.4 Å². The molecule has 2 fully saturated rings. The molecule has 8 heteroatoms. The number of hydrogen-bond acceptors (Lipinski definition) is 4. The monoisotopic (exact) mass is 354 g/mol. The number of nitrogens with zero attached hydrogens (tertiary/aromatic N) is 3. The van der Waals surface area contributed by atoms with Crippen LogP contribution in [0.5, 0.6) is 0 Å². The zero-order valence-electron chi connectivity index (χ0n) is 13.6. The van der Waals surface area contributed by atoms with Crippen LogP contribution in [0.1, 0.15) is 12.8 Å². The van der Waals surface area contributed by atoms with Gasteiger partial charge in [0.15, 0.2) is 15.8 Å². The molecule has 1 atom stereocenters. The minimum absolute atomic E-state index is 0.240. The lowest BCUT2D eigenvalue weighted by atomic mass is 10.2. The highest BCUT2D eigenvalue weighted by molar-refractivity contribution is 7.92. The third kappa shape index (κ3) is 3.80. The highest BCUT2D eigenvalue weighted by Crippen LogP contribution is 2.20. The standard InChI is InChI=1S/C16H23FN4O2S/c17-13-3-5-14(6-4-13)20-7-9-21(10-8-20)16(18)19-12-15-2-1-11-24(15,22)23/h3-6,15H,1-2,7-12H2,(H2,18,19). The molecule has 2 aliphatic heterocycles. The normalized spacial score (nSPS) is 24.4. The van der Waals surface area contributed by atoms with E-state index in [0.717, 1.165) is 25.2 Å². The Hall–Kier alpha value is -1.83. The van der Waals surface area contributed by atoms with Crippen LogP contribution in [0.15, 0.2) is 29.3 Å². The Labute approximate surface area is 142 Å². The summed E-state index contributed by atoms with van der Waals surface area (Å²) >= 11 is 0. The zero-order chi connectivity index (χ0) is 17.2. The van der Waals surface area contributed by atoms with E-state index in [4.69, 9.17) is 5.73 Å². The van der Waals surface area contributed by atoms with Gasteiger partial charge in [-0.2, -0.15) is 0 Å². The molecule has 2 N–H and O–H groups in total. The van der Waals surface area contributed by atoms with E-state index in [1.165, 1.54) is 12.1 Å². The van der Waals surface area contributed by atoms with Crippen LogP contribution in [0.4, 0.5) is 10.1 Å². The fourth-order valence-corrected chi connectivity index (χ4v) is 4.93. The molecule has 0 bridgehead atoms. The number of sulfone groups is 1. The van der Waals surface area contributed by atoms with Gasteiger partial charge in [-0.25, -0.2) is 12.8 Å². The molecule has 0 radical (unpaired) electrons. The van der Waals surface area contributed by atoms with Crippen molar-refractivity contribution in [3.05, 3.63) is 30.1 Å². The van der Waals surface area contributed by atoms with E-state index in [9.17, 15) is 12.8 Å². The molecule has 1 aromatic carbocycles. The van der Waals surface area contributed by atoms with Gasteiger partial charge in [0.1, 0.15) is 5.82 Å². The second-order valence-electron chi connectivity index (χ2n) is 6.28. The number of aliphatic imine (C=N–C) groups is 1. The molecule has 2 aliphatic rings. The maximum absolute atomic E-state index is 13.0. The zero-order valence-corrected chi connectivity index (χ0v) is 14.4. The molecule has 0 spiro atoms. The number of halogens is 1. The Kier molecular flexibility index (Phi) is 4.93. The first-order valence-corrected chi connectivity index (χ1v) is 9.94. The van der Waals surface area contributed by atoms with Crippen LogP contribution in [0.2, 0.25) is 0 Å². The van der Waals surface area contributed by atoms with Gasteiger partial charge in [-0.1, -0.05) is 0 Å². The topological polar surface area (TPSA) is 79.0 Å². The predicted molar refractivity (Wildman–Crippen MR) is 93.5 cm³/mol. The third-order valence-corrected chi connectivity index (χ3v) is 6.97. The maximum atomic E-state index is 13.0. The molecule has 24 heavy (non-hydrogen) atoms. The van der Waals surface area contributed by atoms with Gasteiger partial charge in [-0.05, 0) is 37.1 Å². The molecule has 0 aromatic heterocycles. The number of anilines is 1. The Bertz CT molecular complexity index is 697. The lowest BCUT2D eigenvalue weighted by Crippen LogP contribution is -2.51. The smallest absolute Gasteiger partial charge is 0.191 e. The predicted octanol–water partition coefficient (Wildman–Crippen LogP) is 0.840. The highest BCUT2D eigenvalue weighted by Gasteiger charge is 2.31. The summed E-state index contributed by atoms with van der Waals surface area (Å²) in [5.41, 5.74) is 7.02. The SMILES string of the molecule is NC(=NCC1CCCS1(=O)=O)N1CCN(c2ccc(F)cc2)CC1. The van der Waals surface area contributed by atoms with Gasteiger partial charge in [0.05, 0.1) is 17.5 Å². The molecule has 0 saturated carbocycles. The number of benzene rings is 1. The summed E-state index contributed by atoms with van der Waals surface area (Å²) in [6.45, 7) is 3.22. The van der Waals surface area contributed by atoms with E-state index in [0.29, 0.717) is 25.5 Å². The quantitative estimate of drug-likeness (QED) is 0.643. The van der Waals surface area contributed by atoms with Crippen LogP contribution in [0.3, 0.4) is 0 Å². The second kappa shape index (κ2) is 6.96. The number of hydrogen-bond donors (Lipinski definition) is 1. The van der Waals surface area contributed by atoms with Crippen LogP contribution < -0.4 is 10.6 Å². The first kappa shape index (κ1) is 17.0. The molecular formula is C16H23FN4O2S. The van der Waals surface area contributed by atoms with E-state index in [-0.39, 0.29) is 23.4 Å². The van der Waals surface area contributed by atoms with Gasteiger partial charge in [0, 0.05) is 31.9 Å². The highest BCUT2D eigenvalue weighted by atomic mass is 32.2. The van der Waals surface area contributed by atoms with Crippen molar-refractivity contribution in [1.29, 1.82) is 0 Å². The number of nitrogens with two attached hydrogens (primary N) is 1. The van der Waals surface area contributed by atoms with Crippen LogP contribution in [0.25, 0.3) is 0 Å². The number of rotatable bonds is 3. The Morgan fingerprint density at radius 2 is 1.88 bits per heavy atom. The molecule has 132 valence electrons. The minimum Gasteiger partial charge on any atom is -0.370 e. The first-order valence-electron chi connectivity index (χ1n) is 8.23. The lowest BCUT2D eigenvalue weighted by Gasteiger charge is -2.36.